The molecule has 0 saturated heterocycles. The molecule has 0 aliphatic carbocycles. The molecule has 6 rings (SSSR count). The van der Waals surface area contributed by atoms with Gasteiger partial charge < -0.3 is 9.47 Å². The Balaban J connectivity index is 1.24. The summed E-state index contributed by atoms with van der Waals surface area (Å²) in [6.07, 6.45) is 6.58. The maximum Gasteiger partial charge on any atom is 0.177 e. The van der Waals surface area contributed by atoms with Gasteiger partial charge in [0.1, 0.15) is 11.5 Å². The first-order valence-corrected chi connectivity index (χ1v) is 8.06. The van der Waals surface area contributed by atoms with E-state index in [-0.39, 0.29) is 0 Å². The van der Waals surface area contributed by atoms with Gasteiger partial charge in [-0.1, -0.05) is 31.2 Å². The van der Waals surface area contributed by atoms with Crippen LogP contribution in [-0.4, -0.2) is 0 Å². The molecule has 0 fully saturated rings. The Bertz CT molecular complexity index is 572. The van der Waals surface area contributed by atoms with Crippen LogP contribution in [0.3, 0.4) is 0 Å². The molecule has 2 aromatic rings. The molecule has 4 aliphatic rings. The second kappa shape index (κ2) is 5.68. The molecule has 4 aliphatic heterocycles. The van der Waals surface area contributed by atoms with Crippen molar-refractivity contribution in [3.05, 3.63) is 71.9 Å². The van der Waals surface area contributed by atoms with E-state index in [1.807, 2.05) is 24.3 Å². The van der Waals surface area contributed by atoms with Crippen LogP contribution in [0.2, 0.25) is 0 Å². The van der Waals surface area contributed by atoms with Gasteiger partial charge in [0.05, 0.1) is 0 Å². The summed E-state index contributed by atoms with van der Waals surface area (Å²) in [6, 6.07) is 16.7. The Hall–Kier alpha value is -1.96. The minimum atomic E-state index is 0.658. The van der Waals surface area contributed by atoms with Crippen LogP contribution in [-0.2, 0) is 0 Å². The summed E-state index contributed by atoms with van der Waals surface area (Å²) in [5.74, 6) is 2.59. The molecule has 112 valence electrons. The van der Waals surface area contributed by atoms with E-state index in [0.29, 0.717) is 5.92 Å². The molecule has 0 aromatic heterocycles. The highest BCUT2D eigenvalue weighted by atomic mass is 16.5. The van der Waals surface area contributed by atoms with E-state index in [0.717, 1.165) is 49.4 Å². The molecule has 0 spiro atoms. The number of hydrogen-bond donors (Lipinski definition) is 0. The maximum atomic E-state index is 5.84. The van der Waals surface area contributed by atoms with E-state index in [1.165, 1.54) is 11.1 Å². The molecule has 0 amide bonds. The summed E-state index contributed by atoms with van der Waals surface area (Å²) in [6.45, 7) is 2.32. The molecule has 4 heterocycles. The number of rotatable bonds is 6. The number of hydrogen-bond acceptors (Lipinski definition) is 2. The predicted octanol–water partition coefficient (Wildman–Crippen LogP) is 5.13. The predicted molar refractivity (Wildman–Crippen MR) is 86.5 cm³/mol. The van der Waals surface area contributed by atoms with E-state index in [4.69, 9.17) is 9.47 Å². The van der Waals surface area contributed by atoms with Gasteiger partial charge in [0.25, 0.3) is 0 Å². The van der Waals surface area contributed by atoms with E-state index in [1.54, 1.807) is 0 Å². The second-order valence-corrected chi connectivity index (χ2v) is 6.28. The summed E-state index contributed by atoms with van der Waals surface area (Å²) in [5.41, 5.74) is 2.46. The van der Waals surface area contributed by atoms with Crippen molar-refractivity contribution in [1.82, 2.24) is 0 Å². The van der Waals surface area contributed by atoms with Crippen LogP contribution in [0.5, 0.6) is 11.5 Å². The van der Waals surface area contributed by atoms with Gasteiger partial charge in [-0.05, 0) is 55.9 Å². The largest absolute Gasteiger partial charge is 0.478 e. The van der Waals surface area contributed by atoms with Crippen molar-refractivity contribution in [3.63, 3.8) is 0 Å². The van der Waals surface area contributed by atoms with Crippen LogP contribution < -0.4 is 9.47 Å². The average molecular weight is 292 g/mol. The minimum absolute atomic E-state index is 0.658. The van der Waals surface area contributed by atoms with Gasteiger partial charge in [-0.3, -0.25) is 0 Å². The highest BCUT2D eigenvalue weighted by Gasteiger charge is 2.23. The Morgan fingerprint density at radius 1 is 0.682 bits per heavy atom. The van der Waals surface area contributed by atoms with Crippen molar-refractivity contribution in [2.24, 2.45) is 5.92 Å². The van der Waals surface area contributed by atoms with Crippen molar-refractivity contribution in [2.75, 3.05) is 0 Å². The molecule has 0 N–H and O–H groups in total. The van der Waals surface area contributed by atoms with Crippen molar-refractivity contribution >= 4 is 0 Å². The van der Waals surface area contributed by atoms with Crippen molar-refractivity contribution < 1.29 is 9.47 Å². The Morgan fingerprint density at radius 2 is 1.09 bits per heavy atom. The smallest absolute Gasteiger partial charge is 0.177 e. The quantitative estimate of drug-likeness (QED) is 0.735. The first-order chi connectivity index (χ1) is 10.8. The summed E-state index contributed by atoms with van der Waals surface area (Å²) < 4.78 is 11.7. The van der Waals surface area contributed by atoms with E-state index in [9.17, 15) is 0 Å². The van der Waals surface area contributed by atoms with Gasteiger partial charge in [-0.15, -0.1) is 0 Å². The van der Waals surface area contributed by atoms with Crippen LogP contribution in [0.15, 0.2) is 48.5 Å². The molecule has 22 heavy (non-hydrogen) atoms. The molecule has 0 unspecified atom stereocenters. The van der Waals surface area contributed by atoms with E-state index in [2.05, 4.69) is 31.2 Å². The Labute approximate surface area is 132 Å². The van der Waals surface area contributed by atoms with Crippen LogP contribution in [0.1, 0.15) is 43.7 Å². The fraction of sp³-hybridized carbons (Fsp3) is 0.300. The summed E-state index contributed by atoms with van der Waals surface area (Å²) in [4.78, 5) is 0. The lowest BCUT2D eigenvalue weighted by Crippen LogP contribution is -2.16. The van der Waals surface area contributed by atoms with Crippen molar-refractivity contribution in [2.45, 2.75) is 32.6 Å². The minimum Gasteiger partial charge on any atom is -0.478 e. The van der Waals surface area contributed by atoms with Crippen LogP contribution in [0.25, 0.3) is 0 Å². The zero-order chi connectivity index (χ0) is 14.9. The molecule has 0 atom stereocenters. The lowest BCUT2D eigenvalue weighted by Gasteiger charge is -2.26. The monoisotopic (exact) mass is 292 g/mol. The molecule has 4 bridgehead atoms. The fourth-order valence-electron chi connectivity index (χ4n) is 3.11. The molecular weight excluding hydrogens is 272 g/mol. The van der Waals surface area contributed by atoms with E-state index >= 15 is 0 Å². The topological polar surface area (TPSA) is 18.5 Å². The fourth-order valence-corrected chi connectivity index (χ4v) is 3.11. The average Bonchev–Trinajstić information content (AvgIpc) is 2.60. The van der Waals surface area contributed by atoms with E-state index < -0.39 is 0 Å². The number of ether oxygens (including phenoxy) is 2. The number of fused-ring (bicyclic) bond motifs is 6. The number of benzene rings is 2. The molecule has 2 heteroatoms. The van der Waals surface area contributed by atoms with Gasteiger partial charge in [0.15, 0.2) is 12.2 Å². The van der Waals surface area contributed by atoms with Crippen LogP contribution in [0, 0.1) is 18.1 Å². The van der Waals surface area contributed by atoms with Gasteiger partial charge in [-0.2, -0.15) is 0 Å². The standard InChI is InChI=1S/C20H20O2/c1-14(2-12-19-15-4-8-17(21-19)9-5-15)3-13-20-16-6-10-18(22-20)11-7-16/h4-11,14H,2-3,12-13H2,1H3. The third kappa shape index (κ3) is 2.70. The normalized spacial score (nSPS) is 16.1. The third-order valence-electron chi connectivity index (χ3n) is 4.56. The molecule has 2 radical (unpaired) electrons. The zero-order valence-electron chi connectivity index (χ0n) is 12.8. The third-order valence-corrected chi connectivity index (χ3v) is 4.56. The van der Waals surface area contributed by atoms with Gasteiger partial charge in [0, 0.05) is 11.1 Å². The maximum absolute atomic E-state index is 5.84. The highest BCUT2D eigenvalue weighted by Crippen LogP contribution is 2.35. The molecule has 0 saturated carbocycles. The first kappa shape index (κ1) is 13.7. The van der Waals surface area contributed by atoms with Crippen molar-refractivity contribution in [1.29, 1.82) is 0 Å². The second-order valence-electron chi connectivity index (χ2n) is 6.28. The molecular formula is C20H20O2. The lowest BCUT2D eigenvalue weighted by atomic mass is 9.91. The first-order valence-electron chi connectivity index (χ1n) is 8.06. The van der Waals surface area contributed by atoms with Crippen LogP contribution >= 0.6 is 0 Å². The summed E-state index contributed by atoms with van der Waals surface area (Å²) in [5, 5.41) is 0. The Kier molecular flexibility index (Phi) is 3.53. The van der Waals surface area contributed by atoms with Gasteiger partial charge >= 0.3 is 0 Å². The van der Waals surface area contributed by atoms with Crippen LogP contribution in [0.4, 0.5) is 0 Å². The SMILES string of the molecule is CC(CC[C]1Oc2ccc1cc2)CC[C]1Oc2ccc1cc2. The van der Waals surface area contributed by atoms with Crippen molar-refractivity contribution in [3.8, 4) is 11.5 Å². The molecule has 2 aromatic carbocycles. The summed E-state index contributed by atoms with van der Waals surface area (Å²) in [7, 11) is 0. The lowest BCUT2D eigenvalue weighted by molar-refractivity contribution is 0.287. The molecule has 2 nitrogen and oxygen atoms in total. The van der Waals surface area contributed by atoms with Gasteiger partial charge in [-0.25, -0.2) is 0 Å². The summed E-state index contributed by atoms with van der Waals surface area (Å²) >= 11 is 0. The zero-order valence-corrected chi connectivity index (χ0v) is 12.8. The Morgan fingerprint density at radius 3 is 1.41 bits per heavy atom. The van der Waals surface area contributed by atoms with Gasteiger partial charge in [0.2, 0.25) is 0 Å². The highest BCUT2D eigenvalue weighted by molar-refractivity contribution is 5.41.